The molecular weight excluding hydrogens is 727 g/mol. The zero-order valence-electron chi connectivity index (χ0n) is 40.0. The molecule has 3 unspecified atom stereocenters. The van der Waals surface area contributed by atoms with Gasteiger partial charge in [-0.2, -0.15) is 0 Å². The Kier molecular flexibility index (Phi) is 41.0. The minimum Gasteiger partial charge on any atom is -0.466 e. The van der Waals surface area contributed by atoms with Crippen LogP contribution in [0.15, 0.2) is 0 Å². The first-order chi connectivity index (χ1) is 28.0. The van der Waals surface area contributed by atoms with E-state index in [4.69, 9.17) is 18.9 Å². The van der Waals surface area contributed by atoms with E-state index in [-0.39, 0.29) is 18.9 Å². The predicted molar refractivity (Wildman–Crippen MR) is 245 cm³/mol. The third-order valence-corrected chi connectivity index (χ3v) is 11.9. The molecule has 8 nitrogen and oxygen atoms in total. The third kappa shape index (κ3) is 39.4. The zero-order chi connectivity index (χ0) is 43.1. The summed E-state index contributed by atoms with van der Waals surface area (Å²) in [5, 5.41) is 20.2. The third-order valence-electron chi connectivity index (χ3n) is 11.9. The van der Waals surface area contributed by atoms with Gasteiger partial charge in [0.1, 0.15) is 0 Å². The number of esters is 1. The molecule has 8 heteroatoms. The number of hydrogen-bond donors (Lipinski definition) is 2. The van der Waals surface area contributed by atoms with Crippen molar-refractivity contribution in [2.75, 3.05) is 52.7 Å². The molecule has 58 heavy (non-hydrogen) atoms. The van der Waals surface area contributed by atoms with Gasteiger partial charge < -0.3 is 34.1 Å². The lowest BCUT2D eigenvalue weighted by Gasteiger charge is -2.22. The first-order valence-corrected chi connectivity index (χ1v) is 25.0. The molecule has 0 fully saturated rings. The standard InChI is InChI=1S/C50H101NO7/c1-9-11-27-47(28-12-10-2)33-41-55-48(53)29-17-14-13-15-19-35-51(37-38-52)36-20-16-18-30-49(54)56-42-34-50(57-39-31-45(7)25-21-23-43(3)4)58-40-32-46(8)26-22-24-44(5)6/h43-47,49-50,52,54H,9-42H2,1-8H3. The summed E-state index contributed by atoms with van der Waals surface area (Å²) in [6, 6.07) is 0. The monoisotopic (exact) mass is 828 g/mol. The van der Waals surface area contributed by atoms with Gasteiger partial charge in [0.05, 0.1) is 19.8 Å². The van der Waals surface area contributed by atoms with Crippen molar-refractivity contribution < 1.29 is 34.0 Å². The Balaban J connectivity index is 4.27. The van der Waals surface area contributed by atoms with Crippen molar-refractivity contribution in [3.63, 3.8) is 0 Å². The van der Waals surface area contributed by atoms with Gasteiger partial charge in [0.2, 0.25) is 0 Å². The summed E-state index contributed by atoms with van der Waals surface area (Å²) >= 11 is 0. The second-order valence-corrected chi connectivity index (χ2v) is 18.8. The summed E-state index contributed by atoms with van der Waals surface area (Å²) in [5.41, 5.74) is 0. The SMILES string of the molecule is CCCCC(CCCC)CCOC(=O)CCCCCCCN(CCO)CCCCCC(O)OCCC(OCCC(C)CCCC(C)C)OCCC(C)CCCC(C)C. The number of aliphatic hydroxyl groups excluding tert-OH is 2. The predicted octanol–water partition coefficient (Wildman–Crippen LogP) is 12.9. The molecule has 3 atom stereocenters. The van der Waals surface area contributed by atoms with E-state index in [1.165, 1.54) is 77.0 Å². The maximum atomic E-state index is 12.2. The first-order valence-electron chi connectivity index (χ1n) is 25.0. The summed E-state index contributed by atoms with van der Waals surface area (Å²) in [4.78, 5) is 14.6. The van der Waals surface area contributed by atoms with Crippen LogP contribution in [-0.2, 0) is 23.7 Å². The Morgan fingerprint density at radius 1 is 0.500 bits per heavy atom. The number of nitrogens with zero attached hydrogens (tertiary/aromatic N) is 1. The van der Waals surface area contributed by atoms with Gasteiger partial charge in [-0.3, -0.25) is 4.79 Å². The largest absolute Gasteiger partial charge is 0.466 e. The summed E-state index contributed by atoms with van der Waals surface area (Å²) in [7, 11) is 0. The Labute approximate surface area is 361 Å². The van der Waals surface area contributed by atoms with E-state index in [1.54, 1.807) is 0 Å². The number of hydrogen-bond acceptors (Lipinski definition) is 8. The van der Waals surface area contributed by atoms with Crippen LogP contribution in [0.1, 0.15) is 222 Å². The molecule has 0 bridgehead atoms. The van der Waals surface area contributed by atoms with Gasteiger partial charge in [-0.05, 0) is 94.0 Å². The van der Waals surface area contributed by atoms with Crippen molar-refractivity contribution in [2.45, 2.75) is 235 Å². The molecule has 0 aliphatic carbocycles. The van der Waals surface area contributed by atoms with Crippen molar-refractivity contribution in [1.82, 2.24) is 4.90 Å². The van der Waals surface area contributed by atoms with E-state index < -0.39 is 6.29 Å². The number of ether oxygens (including phenoxy) is 4. The molecule has 2 N–H and O–H groups in total. The molecule has 0 amide bonds. The van der Waals surface area contributed by atoms with Crippen LogP contribution in [0.3, 0.4) is 0 Å². The van der Waals surface area contributed by atoms with Crippen molar-refractivity contribution in [3.05, 3.63) is 0 Å². The fourth-order valence-corrected chi connectivity index (χ4v) is 7.71. The lowest BCUT2D eigenvalue weighted by molar-refractivity contribution is -0.171. The number of rotatable bonds is 45. The Morgan fingerprint density at radius 3 is 1.55 bits per heavy atom. The van der Waals surface area contributed by atoms with Crippen LogP contribution in [0, 0.1) is 29.6 Å². The maximum absolute atomic E-state index is 12.2. The topological polar surface area (TPSA) is 97.7 Å². The number of carbonyl (C=O) groups is 1. The number of unbranched alkanes of at least 4 members (excludes halogenated alkanes) is 8. The smallest absolute Gasteiger partial charge is 0.305 e. The second-order valence-electron chi connectivity index (χ2n) is 18.8. The molecule has 348 valence electrons. The van der Waals surface area contributed by atoms with Crippen LogP contribution in [0.25, 0.3) is 0 Å². The second kappa shape index (κ2) is 41.6. The van der Waals surface area contributed by atoms with E-state index >= 15 is 0 Å². The molecular formula is C50H101NO7. The first kappa shape index (κ1) is 57.2. The Hall–Kier alpha value is -0.770. The number of carbonyl (C=O) groups excluding carboxylic acids is 1. The van der Waals surface area contributed by atoms with Gasteiger partial charge in [0.15, 0.2) is 12.6 Å². The highest BCUT2D eigenvalue weighted by Crippen LogP contribution is 2.21. The van der Waals surface area contributed by atoms with Crippen molar-refractivity contribution in [2.24, 2.45) is 29.6 Å². The highest BCUT2D eigenvalue weighted by Gasteiger charge is 2.15. The fourth-order valence-electron chi connectivity index (χ4n) is 7.71. The minimum atomic E-state index is -0.767. The molecule has 0 aromatic rings. The highest BCUT2D eigenvalue weighted by molar-refractivity contribution is 5.69. The molecule has 0 spiro atoms. The van der Waals surface area contributed by atoms with Crippen LogP contribution in [0.4, 0.5) is 0 Å². The molecule has 0 aromatic heterocycles. The summed E-state index contributed by atoms with van der Waals surface area (Å²) in [5.74, 6) is 3.48. The van der Waals surface area contributed by atoms with Crippen molar-refractivity contribution >= 4 is 5.97 Å². The lowest BCUT2D eigenvalue weighted by Crippen LogP contribution is -2.29. The number of aliphatic hydroxyl groups is 2. The van der Waals surface area contributed by atoms with E-state index in [1.807, 2.05) is 0 Å². The molecule has 0 saturated heterocycles. The van der Waals surface area contributed by atoms with Crippen LogP contribution in [0.5, 0.6) is 0 Å². The van der Waals surface area contributed by atoms with E-state index in [9.17, 15) is 15.0 Å². The van der Waals surface area contributed by atoms with E-state index in [2.05, 4.69) is 60.3 Å². The van der Waals surface area contributed by atoms with Gasteiger partial charge in [0, 0.05) is 32.6 Å². The van der Waals surface area contributed by atoms with Gasteiger partial charge >= 0.3 is 5.97 Å². The van der Waals surface area contributed by atoms with Gasteiger partial charge in [-0.15, -0.1) is 0 Å². The highest BCUT2D eigenvalue weighted by atomic mass is 16.7. The fraction of sp³-hybridized carbons (Fsp3) is 0.980. The molecule has 0 radical (unpaired) electrons. The molecule has 0 rings (SSSR count). The zero-order valence-corrected chi connectivity index (χ0v) is 40.0. The van der Waals surface area contributed by atoms with Gasteiger partial charge in [-0.1, -0.05) is 158 Å². The average Bonchev–Trinajstić information content (AvgIpc) is 3.17. The van der Waals surface area contributed by atoms with Crippen molar-refractivity contribution in [1.29, 1.82) is 0 Å². The quantitative estimate of drug-likeness (QED) is 0.0356. The van der Waals surface area contributed by atoms with Crippen molar-refractivity contribution in [3.8, 4) is 0 Å². The Bertz CT molecular complexity index is 824. The molecule has 0 aliphatic rings. The molecule has 0 aliphatic heterocycles. The summed E-state index contributed by atoms with van der Waals surface area (Å²) < 4.78 is 23.9. The summed E-state index contributed by atoms with van der Waals surface area (Å²) in [6.07, 6.45) is 27.3. The summed E-state index contributed by atoms with van der Waals surface area (Å²) in [6.45, 7) is 23.6. The lowest BCUT2D eigenvalue weighted by atomic mass is 9.93. The van der Waals surface area contributed by atoms with E-state index in [0.29, 0.717) is 70.0 Å². The van der Waals surface area contributed by atoms with Crippen LogP contribution >= 0.6 is 0 Å². The van der Waals surface area contributed by atoms with Crippen LogP contribution < -0.4 is 0 Å². The maximum Gasteiger partial charge on any atom is 0.305 e. The average molecular weight is 828 g/mol. The normalized spacial score (nSPS) is 14.2. The molecule has 0 aromatic carbocycles. The van der Waals surface area contributed by atoms with E-state index in [0.717, 1.165) is 95.6 Å². The van der Waals surface area contributed by atoms with Gasteiger partial charge in [-0.25, -0.2) is 0 Å². The molecule has 0 heterocycles. The van der Waals surface area contributed by atoms with Crippen LogP contribution in [-0.4, -0.2) is 86.3 Å². The minimum absolute atomic E-state index is 0.0343. The Morgan fingerprint density at radius 2 is 1.02 bits per heavy atom. The van der Waals surface area contributed by atoms with Gasteiger partial charge in [0.25, 0.3) is 0 Å². The van der Waals surface area contributed by atoms with Crippen LogP contribution in [0.2, 0.25) is 0 Å². The molecule has 0 saturated carbocycles.